The van der Waals surface area contributed by atoms with E-state index in [1.807, 2.05) is 48.5 Å². The first-order chi connectivity index (χ1) is 14.2. The molecule has 2 aromatic carbocycles. The Balaban J connectivity index is 1.47. The summed E-state index contributed by atoms with van der Waals surface area (Å²) in [5, 5.41) is 7.07. The molecule has 1 atom stereocenters. The number of carbonyl (C=O) groups excluding carboxylic acids is 1. The van der Waals surface area contributed by atoms with Gasteiger partial charge >= 0.3 is 6.03 Å². The van der Waals surface area contributed by atoms with Gasteiger partial charge in [-0.3, -0.25) is 0 Å². The van der Waals surface area contributed by atoms with Gasteiger partial charge in [0.2, 0.25) is 11.7 Å². The number of hydrogen-bond acceptors (Lipinski definition) is 5. The van der Waals surface area contributed by atoms with E-state index in [1.165, 1.54) is 5.56 Å². The summed E-state index contributed by atoms with van der Waals surface area (Å²) >= 11 is 0. The summed E-state index contributed by atoms with van der Waals surface area (Å²) in [7, 11) is 1.62. The predicted octanol–water partition coefficient (Wildman–Crippen LogP) is 4.68. The van der Waals surface area contributed by atoms with Crippen LogP contribution in [0.1, 0.15) is 37.3 Å². The van der Waals surface area contributed by atoms with Crippen molar-refractivity contribution in [2.24, 2.45) is 0 Å². The molecule has 1 saturated heterocycles. The van der Waals surface area contributed by atoms with Crippen molar-refractivity contribution in [2.45, 2.75) is 32.2 Å². The molecule has 0 bridgehead atoms. The van der Waals surface area contributed by atoms with Gasteiger partial charge in [0.05, 0.1) is 7.11 Å². The number of ether oxygens (including phenoxy) is 1. The van der Waals surface area contributed by atoms with Crippen LogP contribution in [0.4, 0.5) is 10.5 Å². The molecule has 3 aromatic rings. The summed E-state index contributed by atoms with van der Waals surface area (Å²) < 4.78 is 10.7. The van der Waals surface area contributed by atoms with Gasteiger partial charge in [-0.1, -0.05) is 24.2 Å². The van der Waals surface area contributed by atoms with Gasteiger partial charge in [-0.05, 0) is 61.2 Å². The van der Waals surface area contributed by atoms with Crippen molar-refractivity contribution in [1.82, 2.24) is 15.0 Å². The number of aryl methyl sites for hydroxylation is 1. The highest BCUT2D eigenvalue weighted by Crippen LogP contribution is 2.32. The van der Waals surface area contributed by atoms with E-state index in [9.17, 15) is 4.79 Å². The molecule has 29 heavy (non-hydrogen) atoms. The normalized spacial score (nSPS) is 16.1. The van der Waals surface area contributed by atoms with Gasteiger partial charge in [0, 0.05) is 17.8 Å². The van der Waals surface area contributed by atoms with Gasteiger partial charge < -0.3 is 19.5 Å². The molecule has 0 radical (unpaired) electrons. The van der Waals surface area contributed by atoms with E-state index in [2.05, 4.69) is 22.4 Å². The molecule has 1 aliphatic heterocycles. The molecule has 0 spiro atoms. The number of benzene rings is 2. The van der Waals surface area contributed by atoms with Gasteiger partial charge in [0.15, 0.2) is 0 Å². The van der Waals surface area contributed by atoms with Crippen LogP contribution in [0.15, 0.2) is 53.1 Å². The minimum atomic E-state index is -0.218. The maximum atomic E-state index is 12.8. The lowest BCUT2D eigenvalue weighted by atomic mass is 10.1. The number of nitrogens with zero attached hydrogens (tertiary/aromatic N) is 3. The second kappa shape index (κ2) is 8.34. The number of likely N-dealkylation sites (tertiary alicyclic amines) is 1. The molecule has 1 fully saturated rings. The summed E-state index contributed by atoms with van der Waals surface area (Å²) in [6.45, 7) is 2.76. The molecule has 2 amide bonds. The van der Waals surface area contributed by atoms with E-state index in [0.717, 1.165) is 36.3 Å². The number of carbonyl (C=O) groups is 1. The summed E-state index contributed by atoms with van der Waals surface area (Å²) in [6, 6.07) is 15.0. The maximum Gasteiger partial charge on any atom is 0.322 e. The standard InChI is InChI=1S/C22H24N4O3/c1-3-15-6-10-17(11-7-15)23-22(27)26-14-4-5-19(26)21-24-20(25-29-21)16-8-12-18(28-2)13-9-16/h6-13,19H,3-5,14H2,1-2H3,(H,23,27)/t19-/m0/s1. The fraction of sp³-hybridized carbons (Fsp3) is 0.318. The van der Waals surface area contributed by atoms with Gasteiger partial charge in [-0.15, -0.1) is 0 Å². The Hall–Kier alpha value is -3.35. The van der Waals surface area contributed by atoms with Crippen LogP contribution in [0.25, 0.3) is 11.4 Å². The molecule has 7 nitrogen and oxygen atoms in total. The van der Waals surface area contributed by atoms with Gasteiger partial charge in [-0.2, -0.15) is 4.98 Å². The molecular formula is C22H24N4O3. The van der Waals surface area contributed by atoms with Crippen molar-refractivity contribution in [1.29, 1.82) is 0 Å². The largest absolute Gasteiger partial charge is 0.497 e. The fourth-order valence-corrected chi connectivity index (χ4v) is 3.51. The molecule has 1 aliphatic rings. The number of methoxy groups -OCH3 is 1. The van der Waals surface area contributed by atoms with Gasteiger partial charge in [-0.25, -0.2) is 4.79 Å². The average molecular weight is 392 g/mol. The summed E-state index contributed by atoms with van der Waals surface area (Å²) in [6.07, 6.45) is 2.66. The minimum Gasteiger partial charge on any atom is -0.497 e. The van der Waals surface area contributed by atoms with Crippen molar-refractivity contribution >= 4 is 11.7 Å². The average Bonchev–Trinajstić information content (AvgIpc) is 3.44. The summed E-state index contributed by atoms with van der Waals surface area (Å²) in [4.78, 5) is 19.1. The van der Waals surface area contributed by atoms with E-state index in [0.29, 0.717) is 18.3 Å². The van der Waals surface area contributed by atoms with E-state index in [1.54, 1.807) is 12.0 Å². The summed E-state index contributed by atoms with van der Waals surface area (Å²) in [5.74, 6) is 1.73. The zero-order chi connectivity index (χ0) is 20.2. The van der Waals surface area contributed by atoms with Crippen LogP contribution >= 0.6 is 0 Å². The number of aromatic nitrogens is 2. The number of rotatable bonds is 5. The molecule has 1 N–H and O–H groups in total. The highest BCUT2D eigenvalue weighted by Gasteiger charge is 2.34. The highest BCUT2D eigenvalue weighted by atomic mass is 16.5. The summed E-state index contributed by atoms with van der Waals surface area (Å²) in [5.41, 5.74) is 2.85. The van der Waals surface area contributed by atoms with Crippen LogP contribution < -0.4 is 10.1 Å². The molecule has 2 heterocycles. The van der Waals surface area contributed by atoms with Crippen molar-refractivity contribution in [3.8, 4) is 17.1 Å². The van der Waals surface area contributed by atoms with Crippen LogP contribution in [-0.4, -0.2) is 34.7 Å². The third kappa shape index (κ3) is 4.08. The first kappa shape index (κ1) is 19.0. The van der Waals surface area contributed by atoms with Gasteiger partial charge in [0.25, 0.3) is 0 Å². The quantitative estimate of drug-likeness (QED) is 0.682. The van der Waals surface area contributed by atoms with E-state index < -0.39 is 0 Å². The van der Waals surface area contributed by atoms with Crippen molar-refractivity contribution in [3.63, 3.8) is 0 Å². The Bertz CT molecular complexity index is 966. The van der Waals surface area contributed by atoms with Crippen LogP contribution in [0.3, 0.4) is 0 Å². The molecule has 0 saturated carbocycles. The minimum absolute atomic E-state index is 0.152. The second-order valence-electron chi connectivity index (χ2n) is 7.02. The molecule has 4 rings (SSSR count). The van der Waals surface area contributed by atoms with Crippen LogP contribution in [0.2, 0.25) is 0 Å². The first-order valence-electron chi connectivity index (χ1n) is 9.82. The number of urea groups is 1. The Morgan fingerprint density at radius 3 is 2.66 bits per heavy atom. The van der Waals surface area contributed by atoms with E-state index in [-0.39, 0.29) is 12.1 Å². The SMILES string of the molecule is CCc1ccc(NC(=O)N2CCC[C@H]2c2nc(-c3ccc(OC)cc3)no2)cc1. The van der Waals surface area contributed by atoms with Crippen LogP contribution in [0, 0.1) is 0 Å². The Morgan fingerprint density at radius 2 is 1.97 bits per heavy atom. The monoisotopic (exact) mass is 392 g/mol. The lowest BCUT2D eigenvalue weighted by molar-refractivity contribution is 0.193. The Kier molecular flexibility index (Phi) is 5.46. The lowest BCUT2D eigenvalue weighted by Crippen LogP contribution is -2.34. The molecule has 0 aliphatic carbocycles. The lowest BCUT2D eigenvalue weighted by Gasteiger charge is -2.22. The Morgan fingerprint density at radius 1 is 1.21 bits per heavy atom. The molecule has 7 heteroatoms. The van der Waals surface area contributed by atoms with E-state index in [4.69, 9.17) is 9.26 Å². The molecular weight excluding hydrogens is 368 g/mol. The molecule has 150 valence electrons. The zero-order valence-electron chi connectivity index (χ0n) is 16.6. The topological polar surface area (TPSA) is 80.5 Å². The highest BCUT2D eigenvalue weighted by molar-refractivity contribution is 5.89. The van der Waals surface area contributed by atoms with Crippen molar-refractivity contribution < 1.29 is 14.1 Å². The fourth-order valence-electron chi connectivity index (χ4n) is 3.51. The van der Waals surface area contributed by atoms with Crippen molar-refractivity contribution in [2.75, 3.05) is 19.0 Å². The van der Waals surface area contributed by atoms with Crippen LogP contribution in [0.5, 0.6) is 5.75 Å². The zero-order valence-corrected chi connectivity index (χ0v) is 16.6. The third-order valence-electron chi connectivity index (χ3n) is 5.20. The molecule has 0 unspecified atom stereocenters. The number of hydrogen-bond donors (Lipinski definition) is 1. The van der Waals surface area contributed by atoms with Crippen molar-refractivity contribution in [3.05, 3.63) is 60.0 Å². The maximum absolute atomic E-state index is 12.8. The van der Waals surface area contributed by atoms with E-state index >= 15 is 0 Å². The van der Waals surface area contributed by atoms with Gasteiger partial charge in [0.1, 0.15) is 11.8 Å². The number of nitrogens with one attached hydrogen (secondary N) is 1. The number of anilines is 1. The second-order valence-corrected chi connectivity index (χ2v) is 7.02. The van der Waals surface area contributed by atoms with Crippen LogP contribution in [-0.2, 0) is 6.42 Å². The number of amides is 2. The third-order valence-corrected chi connectivity index (χ3v) is 5.20. The first-order valence-corrected chi connectivity index (χ1v) is 9.82. The Labute approximate surface area is 169 Å². The predicted molar refractivity (Wildman–Crippen MR) is 110 cm³/mol. The smallest absolute Gasteiger partial charge is 0.322 e. The molecule has 1 aromatic heterocycles.